The van der Waals surface area contributed by atoms with E-state index in [2.05, 4.69) is 31.3 Å². The van der Waals surface area contributed by atoms with Crippen molar-refractivity contribution in [1.29, 1.82) is 0 Å². The number of aromatic nitrogens is 1. The summed E-state index contributed by atoms with van der Waals surface area (Å²) in [5, 5.41) is 5.08. The fourth-order valence-corrected chi connectivity index (χ4v) is 6.24. The second-order valence-electron chi connectivity index (χ2n) is 10.5. The summed E-state index contributed by atoms with van der Waals surface area (Å²) in [6.07, 6.45) is 5.69. The molecule has 1 fully saturated rings. The number of amides is 2. The van der Waals surface area contributed by atoms with Crippen LogP contribution in [0.25, 0.3) is 17.0 Å². The molecule has 6 rings (SSSR count). The molecule has 6 nitrogen and oxygen atoms in total. The molecule has 2 heterocycles. The number of hydrogen-bond donors (Lipinski definition) is 1. The van der Waals surface area contributed by atoms with Crippen molar-refractivity contribution in [2.24, 2.45) is 4.99 Å². The van der Waals surface area contributed by atoms with Crippen LogP contribution in [0.2, 0.25) is 5.02 Å². The number of para-hydroxylation sites is 1. The lowest BCUT2D eigenvalue weighted by atomic mass is 10.1. The summed E-state index contributed by atoms with van der Waals surface area (Å²) in [4.78, 5) is 34.1. The third-order valence-electron chi connectivity index (χ3n) is 7.53. The summed E-state index contributed by atoms with van der Waals surface area (Å²) in [5.41, 5.74) is 6.42. The van der Waals surface area contributed by atoms with E-state index in [0.717, 1.165) is 40.7 Å². The molecule has 1 aliphatic rings. The van der Waals surface area contributed by atoms with Gasteiger partial charge in [-0.1, -0.05) is 67.9 Å². The predicted molar refractivity (Wildman–Crippen MR) is 184 cm³/mol. The monoisotopic (exact) mass is 618 g/mol. The lowest BCUT2D eigenvalue weighted by Crippen LogP contribution is -2.28. The number of thioether (sulfide) groups is 1. The molecule has 44 heavy (non-hydrogen) atoms. The standard InChI is InChI=1S/C36H31ClN4O2S/c1-3-24-9-15-29(16-10-24)39-36-41(30-19-11-25(4-2)12-20-30)35(43)33(44-36)21-26-22-40(32-8-6-5-7-31(26)32)23-34(42)38-28-17-13-27(37)14-18-28/h5-22H,3-4,23H2,1-2H3,(H,38,42)/b33-21-,39-36?. The Morgan fingerprint density at radius 3 is 2.23 bits per heavy atom. The predicted octanol–water partition coefficient (Wildman–Crippen LogP) is 8.87. The fraction of sp³-hybridized carbons (Fsp3) is 0.139. The molecule has 8 heteroatoms. The van der Waals surface area contributed by atoms with Gasteiger partial charge in [0.05, 0.1) is 16.3 Å². The number of nitrogens with zero attached hydrogens (tertiary/aromatic N) is 3. The molecular weight excluding hydrogens is 588 g/mol. The van der Waals surface area contributed by atoms with Gasteiger partial charge < -0.3 is 9.88 Å². The molecule has 0 atom stereocenters. The summed E-state index contributed by atoms with van der Waals surface area (Å²) >= 11 is 7.34. The summed E-state index contributed by atoms with van der Waals surface area (Å²) in [7, 11) is 0. The number of halogens is 1. The van der Waals surface area contributed by atoms with Crippen molar-refractivity contribution in [3.05, 3.63) is 130 Å². The van der Waals surface area contributed by atoms with Crippen molar-refractivity contribution in [3.8, 4) is 0 Å². The number of carbonyl (C=O) groups excluding carboxylic acids is 2. The third-order valence-corrected chi connectivity index (χ3v) is 8.75. The van der Waals surface area contributed by atoms with Crippen LogP contribution < -0.4 is 10.2 Å². The van der Waals surface area contributed by atoms with E-state index >= 15 is 0 Å². The van der Waals surface area contributed by atoms with Gasteiger partial charge in [-0.2, -0.15) is 0 Å². The van der Waals surface area contributed by atoms with E-state index in [9.17, 15) is 9.59 Å². The van der Waals surface area contributed by atoms with Crippen molar-refractivity contribution in [2.45, 2.75) is 33.2 Å². The summed E-state index contributed by atoms with van der Waals surface area (Å²) in [6, 6.07) is 31.0. The van der Waals surface area contributed by atoms with Crippen LogP contribution in [0.15, 0.2) is 113 Å². The van der Waals surface area contributed by atoms with Crippen molar-refractivity contribution in [2.75, 3.05) is 10.2 Å². The highest BCUT2D eigenvalue weighted by molar-refractivity contribution is 8.19. The zero-order valence-electron chi connectivity index (χ0n) is 24.5. The van der Waals surface area contributed by atoms with Gasteiger partial charge in [0.2, 0.25) is 5.91 Å². The molecule has 1 saturated heterocycles. The van der Waals surface area contributed by atoms with Crippen LogP contribution in [0.1, 0.15) is 30.5 Å². The van der Waals surface area contributed by atoms with Gasteiger partial charge in [0, 0.05) is 33.4 Å². The summed E-state index contributed by atoms with van der Waals surface area (Å²) < 4.78 is 1.91. The first-order valence-electron chi connectivity index (χ1n) is 14.6. The van der Waals surface area contributed by atoms with Crippen molar-refractivity contribution in [3.63, 3.8) is 0 Å². The van der Waals surface area contributed by atoms with E-state index in [4.69, 9.17) is 16.6 Å². The Morgan fingerprint density at radius 2 is 1.55 bits per heavy atom. The van der Waals surface area contributed by atoms with Crippen molar-refractivity contribution >= 4 is 74.4 Å². The number of benzene rings is 4. The second-order valence-corrected chi connectivity index (χ2v) is 11.9. The molecule has 2 amide bonds. The summed E-state index contributed by atoms with van der Waals surface area (Å²) in [6.45, 7) is 4.34. The maximum Gasteiger partial charge on any atom is 0.271 e. The first kappa shape index (κ1) is 29.5. The normalized spacial score (nSPS) is 15.1. The van der Waals surface area contributed by atoms with Crippen LogP contribution in [0, 0.1) is 0 Å². The smallest absolute Gasteiger partial charge is 0.271 e. The minimum Gasteiger partial charge on any atom is -0.337 e. The van der Waals surface area contributed by atoms with Crippen LogP contribution in [0.3, 0.4) is 0 Å². The van der Waals surface area contributed by atoms with Gasteiger partial charge >= 0.3 is 0 Å². The highest BCUT2D eigenvalue weighted by Gasteiger charge is 2.35. The maximum absolute atomic E-state index is 14.0. The van der Waals surface area contributed by atoms with Crippen LogP contribution in [0.5, 0.6) is 0 Å². The summed E-state index contributed by atoms with van der Waals surface area (Å²) in [5.74, 6) is -0.302. The van der Waals surface area contributed by atoms with Gasteiger partial charge in [0.25, 0.3) is 5.91 Å². The minimum atomic E-state index is -0.163. The van der Waals surface area contributed by atoms with E-state index in [0.29, 0.717) is 20.8 Å². The Hall–Kier alpha value is -4.59. The van der Waals surface area contributed by atoms with Gasteiger partial charge in [0.15, 0.2) is 5.17 Å². The number of aryl methyl sites for hydroxylation is 2. The Labute approximate surface area is 266 Å². The van der Waals surface area contributed by atoms with Crippen LogP contribution in [-0.4, -0.2) is 21.5 Å². The highest BCUT2D eigenvalue weighted by atomic mass is 35.5. The van der Waals surface area contributed by atoms with Crippen LogP contribution in [0.4, 0.5) is 17.1 Å². The molecule has 220 valence electrons. The number of nitrogens with one attached hydrogen (secondary N) is 1. The fourth-order valence-electron chi connectivity index (χ4n) is 5.12. The van der Waals surface area contributed by atoms with E-state index in [-0.39, 0.29) is 18.4 Å². The molecule has 0 bridgehead atoms. The Morgan fingerprint density at radius 1 is 0.886 bits per heavy atom. The van der Waals surface area contributed by atoms with Crippen LogP contribution in [-0.2, 0) is 29.0 Å². The highest BCUT2D eigenvalue weighted by Crippen LogP contribution is 2.38. The molecule has 1 aliphatic heterocycles. The van der Waals surface area contributed by atoms with Gasteiger partial charge in [-0.05, 0) is 96.4 Å². The number of fused-ring (bicyclic) bond motifs is 1. The maximum atomic E-state index is 14.0. The third kappa shape index (κ3) is 6.34. The molecule has 0 aliphatic carbocycles. The molecular formula is C36H31ClN4O2S. The van der Waals surface area contributed by atoms with E-state index in [1.54, 1.807) is 29.2 Å². The topological polar surface area (TPSA) is 66.7 Å². The van der Waals surface area contributed by atoms with Crippen molar-refractivity contribution < 1.29 is 9.59 Å². The number of hydrogen-bond acceptors (Lipinski definition) is 4. The largest absolute Gasteiger partial charge is 0.337 e. The van der Waals surface area contributed by atoms with Crippen LogP contribution >= 0.6 is 23.4 Å². The zero-order valence-corrected chi connectivity index (χ0v) is 26.0. The number of carbonyl (C=O) groups is 2. The van der Waals surface area contributed by atoms with E-state index in [1.165, 1.54) is 22.9 Å². The van der Waals surface area contributed by atoms with Crippen molar-refractivity contribution in [1.82, 2.24) is 4.57 Å². The molecule has 1 N–H and O–H groups in total. The number of amidine groups is 1. The Bertz CT molecular complexity index is 1890. The molecule has 0 radical (unpaired) electrons. The zero-order chi connectivity index (χ0) is 30.6. The first-order chi connectivity index (χ1) is 21.4. The molecule has 4 aromatic carbocycles. The van der Waals surface area contributed by atoms with Gasteiger partial charge in [-0.25, -0.2) is 4.99 Å². The molecule has 1 aromatic heterocycles. The number of rotatable bonds is 8. The number of aliphatic imine (C=N–C) groups is 1. The van der Waals surface area contributed by atoms with Gasteiger partial charge in [0.1, 0.15) is 6.54 Å². The SMILES string of the molecule is CCc1ccc(N=C2S/C(=C\c3cn(CC(=O)Nc4ccc(Cl)cc4)c4ccccc34)C(=O)N2c2ccc(CC)cc2)cc1. The lowest BCUT2D eigenvalue weighted by Gasteiger charge is -2.16. The van der Waals surface area contributed by atoms with E-state index < -0.39 is 0 Å². The van der Waals surface area contributed by atoms with Gasteiger partial charge in [-0.3, -0.25) is 14.5 Å². The molecule has 0 spiro atoms. The number of anilines is 2. The average Bonchev–Trinajstić information content (AvgIpc) is 3.54. The van der Waals surface area contributed by atoms with Gasteiger partial charge in [-0.15, -0.1) is 0 Å². The molecule has 0 saturated carbocycles. The lowest BCUT2D eigenvalue weighted by molar-refractivity contribution is -0.116. The minimum absolute atomic E-state index is 0.115. The molecule has 0 unspecified atom stereocenters. The molecule has 5 aromatic rings. The quantitative estimate of drug-likeness (QED) is 0.177. The Kier molecular flexibility index (Phi) is 8.68. The first-order valence-corrected chi connectivity index (χ1v) is 15.7. The second kappa shape index (κ2) is 13.0. The average molecular weight is 619 g/mol. The van der Waals surface area contributed by atoms with E-state index in [1.807, 2.05) is 77.5 Å². The Balaban J connectivity index is 1.34.